The zero-order valence-electron chi connectivity index (χ0n) is 6.04. The molecule has 1 N–H and O–H groups in total. The second-order valence-corrected chi connectivity index (χ2v) is 3.60. The first-order valence-corrected chi connectivity index (χ1v) is 3.82. The van der Waals surface area contributed by atoms with Crippen molar-refractivity contribution < 1.29 is 13.2 Å². The summed E-state index contributed by atoms with van der Waals surface area (Å²) in [5, 5.41) is 2.91. The molecule has 1 spiro atoms. The SMILES string of the molecule is FC(F)(F)[C@H]1CCC12CNC2. The summed E-state index contributed by atoms with van der Waals surface area (Å²) in [4.78, 5) is 0. The quantitative estimate of drug-likeness (QED) is 0.574. The van der Waals surface area contributed by atoms with Gasteiger partial charge in [0, 0.05) is 18.5 Å². The summed E-state index contributed by atoms with van der Waals surface area (Å²) in [7, 11) is 0. The molecule has 1 atom stereocenters. The van der Waals surface area contributed by atoms with E-state index < -0.39 is 17.5 Å². The van der Waals surface area contributed by atoms with Crippen LogP contribution in [-0.2, 0) is 0 Å². The maximum absolute atomic E-state index is 12.2. The summed E-state index contributed by atoms with van der Waals surface area (Å²) in [6, 6.07) is 0. The van der Waals surface area contributed by atoms with Gasteiger partial charge in [-0.1, -0.05) is 0 Å². The molecule has 0 bridgehead atoms. The Hall–Kier alpha value is -0.250. The van der Waals surface area contributed by atoms with Crippen LogP contribution in [0.4, 0.5) is 13.2 Å². The van der Waals surface area contributed by atoms with Crippen molar-refractivity contribution in [3.8, 4) is 0 Å². The summed E-state index contributed by atoms with van der Waals surface area (Å²) in [6.07, 6.45) is -2.87. The molecule has 2 fully saturated rings. The van der Waals surface area contributed by atoms with Gasteiger partial charge in [-0.2, -0.15) is 13.2 Å². The molecule has 11 heavy (non-hydrogen) atoms. The molecule has 1 nitrogen and oxygen atoms in total. The summed E-state index contributed by atoms with van der Waals surface area (Å²) < 4.78 is 36.6. The summed E-state index contributed by atoms with van der Waals surface area (Å²) in [6.45, 7) is 1.13. The molecule has 2 rings (SSSR count). The normalized spacial score (nSPS) is 34.6. The highest BCUT2D eigenvalue weighted by Gasteiger charge is 2.61. The van der Waals surface area contributed by atoms with E-state index in [0.29, 0.717) is 19.5 Å². The van der Waals surface area contributed by atoms with Crippen LogP contribution in [0.1, 0.15) is 12.8 Å². The van der Waals surface area contributed by atoms with E-state index in [1.165, 1.54) is 0 Å². The second-order valence-electron chi connectivity index (χ2n) is 3.60. The van der Waals surface area contributed by atoms with Crippen LogP contribution < -0.4 is 5.32 Å². The molecular formula is C7H10F3N. The van der Waals surface area contributed by atoms with Gasteiger partial charge in [0.05, 0.1) is 5.92 Å². The maximum Gasteiger partial charge on any atom is 0.392 e. The first-order chi connectivity index (χ1) is 5.05. The Bertz CT molecular complexity index is 166. The van der Waals surface area contributed by atoms with Gasteiger partial charge >= 0.3 is 6.18 Å². The fourth-order valence-electron chi connectivity index (χ4n) is 2.08. The van der Waals surface area contributed by atoms with Crippen LogP contribution in [0.5, 0.6) is 0 Å². The largest absolute Gasteiger partial charge is 0.392 e. The zero-order valence-corrected chi connectivity index (χ0v) is 6.04. The first kappa shape index (κ1) is 7.40. The molecule has 0 amide bonds. The number of nitrogens with one attached hydrogen (secondary N) is 1. The number of hydrogen-bond acceptors (Lipinski definition) is 1. The fourth-order valence-corrected chi connectivity index (χ4v) is 2.08. The second kappa shape index (κ2) is 1.91. The van der Waals surface area contributed by atoms with Gasteiger partial charge in [0.2, 0.25) is 0 Å². The molecule has 1 saturated carbocycles. The minimum absolute atomic E-state index is 0.338. The van der Waals surface area contributed by atoms with E-state index in [1.54, 1.807) is 0 Å². The maximum atomic E-state index is 12.2. The monoisotopic (exact) mass is 165 g/mol. The standard InChI is InChI=1S/C7H10F3N/c8-7(9,10)5-1-2-6(5)3-11-4-6/h5,11H,1-4H2/t5-/m0/s1. The van der Waals surface area contributed by atoms with Crippen molar-refractivity contribution in [2.75, 3.05) is 13.1 Å². The molecule has 1 saturated heterocycles. The number of hydrogen-bond donors (Lipinski definition) is 1. The van der Waals surface area contributed by atoms with Crippen LogP contribution in [0, 0.1) is 11.3 Å². The lowest BCUT2D eigenvalue weighted by molar-refractivity contribution is -0.250. The Morgan fingerprint density at radius 1 is 1.27 bits per heavy atom. The smallest absolute Gasteiger partial charge is 0.315 e. The third kappa shape index (κ3) is 0.883. The summed E-state index contributed by atoms with van der Waals surface area (Å²) in [5.41, 5.74) is -0.391. The summed E-state index contributed by atoms with van der Waals surface area (Å²) in [5.74, 6) is -1.02. The highest BCUT2D eigenvalue weighted by molar-refractivity contribution is 5.06. The topological polar surface area (TPSA) is 12.0 Å². The minimum Gasteiger partial charge on any atom is -0.315 e. The first-order valence-electron chi connectivity index (χ1n) is 3.82. The molecular weight excluding hydrogens is 155 g/mol. The van der Waals surface area contributed by atoms with Crippen molar-refractivity contribution in [3.05, 3.63) is 0 Å². The van der Waals surface area contributed by atoms with Crippen LogP contribution in [0.15, 0.2) is 0 Å². The molecule has 1 aliphatic carbocycles. The van der Waals surface area contributed by atoms with E-state index in [4.69, 9.17) is 0 Å². The van der Waals surface area contributed by atoms with Gasteiger partial charge in [-0.3, -0.25) is 0 Å². The number of halogens is 3. The predicted octanol–water partition coefficient (Wildman–Crippen LogP) is 1.55. The molecule has 2 aliphatic rings. The summed E-state index contributed by atoms with van der Waals surface area (Å²) >= 11 is 0. The third-order valence-electron chi connectivity index (χ3n) is 3.02. The van der Waals surface area contributed by atoms with Crippen molar-refractivity contribution in [2.24, 2.45) is 11.3 Å². The van der Waals surface area contributed by atoms with Gasteiger partial charge in [0.15, 0.2) is 0 Å². The molecule has 1 heterocycles. The Labute approximate surface area is 63.0 Å². The van der Waals surface area contributed by atoms with Crippen molar-refractivity contribution in [1.29, 1.82) is 0 Å². The van der Waals surface area contributed by atoms with Crippen molar-refractivity contribution >= 4 is 0 Å². The van der Waals surface area contributed by atoms with Gasteiger partial charge in [-0.05, 0) is 12.8 Å². The number of rotatable bonds is 0. The highest BCUT2D eigenvalue weighted by Crippen LogP contribution is 2.56. The molecule has 0 unspecified atom stereocenters. The molecule has 1 aliphatic heterocycles. The molecule has 64 valence electrons. The zero-order chi connectivity index (χ0) is 8.11. The van der Waals surface area contributed by atoms with Crippen LogP contribution >= 0.6 is 0 Å². The van der Waals surface area contributed by atoms with E-state index in [9.17, 15) is 13.2 Å². The van der Waals surface area contributed by atoms with Crippen molar-refractivity contribution in [3.63, 3.8) is 0 Å². The van der Waals surface area contributed by atoms with Crippen LogP contribution in [0.2, 0.25) is 0 Å². The lowest BCUT2D eigenvalue weighted by atomic mass is 9.56. The molecule has 0 aromatic rings. The van der Waals surface area contributed by atoms with Gasteiger partial charge in [0.1, 0.15) is 0 Å². The van der Waals surface area contributed by atoms with Crippen LogP contribution in [0.3, 0.4) is 0 Å². The van der Waals surface area contributed by atoms with Crippen LogP contribution in [-0.4, -0.2) is 19.3 Å². The average molecular weight is 165 g/mol. The minimum atomic E-state index is -3.96. The molecule has 0 aromatic heterocycles. The van der Waals surface area contributed by atoms with E-state index in [2.05, 4.69) is 5.32 Å². The van der Waals surface area contributed by atoms with E-state index in [1.807, 2.05) is 0 Å². The molecule has 4 heteroatoms. The highest BCUT2D eigenvalue weighted by atomic mass is 19.4. The van der Waals surface area contributed by atoms with Gasteiger partial charge in [-0.15, -0.1) is 0 Å². The lowest BCUT2D eigenvalue weighted by Crippen LogP contribution is -2.65. The molecule has 0 aromatic carbocycles. The average Bonchev–Trinajstić information content (AvgIpc) is 1.49. The van der Waals surface area contributed by atoms with E-state index >= 15 is 0 Å². The molecule has 0 radical (unpaired) electrons. The Morgan fingerprint density at radius 3 is 2.00 bits per heavy atom. The lowest BCUT2D eigenvalue weighted by Gasteiger charge is -2.56. The van der Waals surface area contributed by atoms with Crippen LogP contribution in [0.25, 0.3) is 0 Å². The Morgan fingerprint density at radius 2 is 1.91 bits per heavy atom. The van der Waals surface area contributed by atoms with E-state index in [-0.39, 0.29) is 0 Å². The van der Waals surface area contributed by atoms with Gasteiger partial charge in [0.25, 0.3) is 0 Å². The predicted molar refractivity (Wildman–Crippen MR) is 34.1 cm³/mol. The van der Waals surface area contributed by atoms with Crippen molar-refractivity contribution in [1.82, 2.24) is 5.32 Å². The Balaban J connectivity index is 2.06. The third-order valence-corrected chi connectivity index (χ3v) is 3.02. The van der Waals surface area contributed by atoms with E-state index in [0.717, 1.165) is 6.42 Å². The van der Waals surface area contributed by atoms with Crippen molar-refractivity contribution in [2.45, 2.75) is 19.0 Å². The Kier molecular flexibility index (Phi) is 1.29. The fraction of sp³-hybridized carbons (Fsp3) is 1.00. The van der Waals surface area contributed by atoms with Gasteiger partial charge < -0.3 is 5.32 Å². The number of alkyl halides is 3. The van der Waals surface area contributed by atoms with Gasteiger partial charge in [-0.25, -0.2) is 0 Å².